The van der Waals surface area contributed by atoms with Crippen molar-refractivity contribution >= 4 is 16.7 Å². The molecule has 0 unspecified atom stereocenters. The molecule has 9 heteroatoms. The molecule has 0 fully saturated rings. The van der Waals surface area contributed by atoms with Crippen molar-refractivity contribution in [3.63, 3.8) is 0 Å². The Morgan fingerprint density at radius 1 is 1.28 bits per heavy atom. The van der Waals surface area contributed by atoms with E-state index in [1.54, 1.807) is 35.9 Å². The van der Waals surface area contributed by atoms with Crippen LogP contribution in [0.15, 0.2) is 47.3 Å². The Kier molecular flexibility index (Phi) is 4.55. The van der Waals surface area contributed by atoms with E-state index in [9.17, 15) is 18.0 Å². The molecule has 25 heavy (non-hydrogen) atoms. The SMILES string of the molecule is O=C(NCC(F)(F)F)c1coc(COc2cccc3cnccc23)n1. The third-order valence-corrected chi connectivity index (χ3v) is 3.23. The van der Waals surface area contributed by atoms with Crippen molar-refractivity contribution in [2.75, 3.05) is 6.54 Å². The van der Waals surface area contributed by atoms with E-state index in [2.05, 4.69) is 9.97 Å². The highest BCUT2D eigenvalue weighted by Crippen LogP contribution is 2.25. The number of amides is 1. The van der Waals surface area contributed by atoms with E-state index in [-0.39, 0.29) is 18.2 Å². The Hall–Kier alpha value is -3.10. The van der Waals surface area contributed by atoms with Crippen LogP contribution in [0.4, 0.5) is 13.2 Å². The van der Waals surface area contributed by atoms with E-state index in [4.69, 9.17) is 9.15 Å². The van der Waals surface area contributed by atoms with E-state index >= 15 is 0 Å². The van der Waals surface area contributed by atoms with Crippen LogP contribution in [-0.4, -0.2) is 28.6 Å². The van der Waals surface area contributed by atoms with Gasteiger partial charge < -0.3 is 14.5 Å². The van der Waals surface area contributed by atoms with Gasteiger partial charge in [0, 0.05) is 23.2 Å². The van der Waals surface area contributed by atoms with Crippen LogP contribution in [0.1, 0.15) is 16.4 Å². The molecule has 0 radical (unpaired) electrons. The van der Waals surface area contributed by atoms with Gasteiger partial charge in [-0.05, 0) is 12.1 Å². The van der Waals surface area contributed by atoms with Crippen molar-refractivity contribution in [3.05, 3.63) is 54.5 Å². The van der Waals surface area contributed by atoms with E-state index in [0.717, 1.165) is 17.0 Å². The van der Waals surface area contributed by atoms with E-state index in [1.165, 1.54) is 0 Å². The number of benzene rings is 1. The van der Waals surface area contributed by atoms with Gasteiger partial charge in [-0.1, -0.05) is 12.1 Å². The first-order chi connectivity index (χ1) is 11.9. The van der Waals surface area contributed by atoms with Crippen LogP contribution in [0, 0.1) is 0 Å². The monoisotopic (exact) mass is 351 g/mol. The Morgan fingerprint density at radius 3 is 2.92 bits per heavy atom. The molecule has 0 atom stereocenters. The molecule has 2 heterocycles. The number of nitrogens with one attached hydrogen (secondary N) is 1. The number of ether oxygens (including phenoxy) is 1. The first-order valence-electron chi connectivity index (χ1n) is 7.17. The first kappa shape index (κ1) is 16.7. The number of carbonyl (C=O) groups is 1. The first-order valence-corrected chi connectivity index (χ1v) is 7.17. The molecule has 6 nitrogen and oxygen atoms in total. The summed E-state index contributed by atoms with van der Waals surface area (Å²) in [5.41, 5.74) is -0.245. The minimum absolute atomic E-state index is 0.0724. The molecule has 0 aliphatic rings. The highest BCUT2D eigenvalue weighted by molar-refractivity contribution is 5.92. The number of aromatic nitrogens is 2. The zero-order valence-corrected chi connectivity index (χ0v) is 12.7. The van der Waals surface area contributed by atoms with Crippen LogP contribution in [-0.2, 0) is 6.61 Å². The topological polar surface area (TPSA) is 77.2 Å². The predicted octanol–water partition coefficient (Wildman–Crippen LogP) is 3.09. The smallest absolute Gasteiger partial charge is 0.405 e. The minimum Gasteiger partial charge on any atom is -0.483 e. The summed E-state index contributed by atoms with van der Waals surface area (Å²) in [6.07, 6.45) is -0.189. The van der Waals surface area contributed by atoms with Crippen molar-refractivity contribution in [1.82, 2.24) is 15.3 Å². The largest absolute Gasteiger partial charge is 0.483 e. The lowest BCUT2D eigenvalue weighted by Gasteiger charge is -2.07. The maximum atomic E-state index is 12.1. The quantitative estimate of drug-likeness (QED) is 0.764. The zero-order valence-electron chi connectivity index (χ0n) is 12.7. The second-order valence-corrected chi connectivity index (χ2v) is 5.07. The maximum absolute atomic E-state index is 12.1. The molecule has 0 aliphatic heterocycles. The second kappa shape index (κ2) is 6.80. The third kappa shape index (κ3) is 4.25. The normalized spacial score (nSPS) is 11.5. The van der Waals surface area contributed by atoms with Crippen molar-refractivity contribution in [2.45, 2.75) is 12.8 Å². The molecule has 0 spiro atoms. The fraction of sp³-hybridized carbons (Fsp3) is 0.188. The van der Waals surface area contributed by atoms with Crippen LogP contribution in [0.3, 0.4) is 0 Å². The second-order valence-electron chi connectivity index (χ2n) is 5.07. The van der Waals surface area contributed by atoms with Gasteiger partial charge in [0.15, 0.2) is 12.3 Å². The number of hydrogen-bond donors (Lipinski definition) is 1. The molecule has 0 saturated carbocycles. The summed E-state index contributed by atoms with van der Waals surface area (Å²) >= 11 is 0. The maximum Gasteiger partial charge on any atom is 0.405 e. The number of pyridine rings is 1. The fourth-order valence-electron chi connectivity index (χ4n) is 2.11. The average molecular weight is 351 g/mol. The van der Waals surface area contributed by atoms with Gasteiger partial charge in [-0.25, -0.2) is 4.98 Å². The molecule has 1 N–H and O–H groups in total. The highest BCUT2D eigenvalue weighted by Gasteiger charge is 2.28. The van der Waals surface area contributed by atoms with E-state index in [1.807, 2.05) is 6.07 Å². The van der Waals surface area contributed by atoms with Crippen molar-refractivity contribution < 1.29 is 27.1 Å². The highest BCUT2D eigenvalue weighted by atomic mass is 19.4. The number of oxazole rings is 1. The Labute approximate surface area is 139 Å². The summed E-state index contributed by atoms with van der Waals surface area (Å²) in [6, 6.07) is 7.22. The number of carbonyl (C=O) groups excluding carboxylic acids is 1. The molecule has 1 amide bonds. The summed E-state index contributed by atoms with van der Waals surface area (Å²) in [7, 11) is 0. The molecule has 3 rings (SSSR count). The van der Waals surface area contributed by atoms with Gasteiger partial charge in [-0.15, -0.1) is 0 Å². The number of nitrogens with zero attached hydrogens (tertiary/aromatic N) is 2. The molecule has 130 valence electrons. The van der Waals surface area contributed by atoms with Crippen LogP contribution in [0.2, 0.25) is 0 Å². The molecular formula is C16H12F3N3O3. The van der Waals surface area contributed by atoms with Crippen molar-refractivity contribution in [1.29, 1.82) is 0 Å². The average Bonchev–Trinajstić information content (AvgIpc) is 3.06. The van der Waals surface area contributed by atoms with Gasteiger partial charge in [0.1, 0.15) is 18.6 Å². The molecule has 2 aromatic heterocycles. The zero-order chi connectivity index (χ0) is 17.9. The lowest BCUT2D eigenvalue weighted by molar-refractivity contribution is -0.123. The van der Waals surface area contributed by atoms with E-state index < -0.39 is 18.6 Å². The summed E-state index contributed by atoms with van der Waals surface area (Å²) < 4.78 is 46.9. The van der Waals surface area contributed by atoms with Gasteiger partial charge in [-0.2, -0.15) is 13.2 Å². The lowest BCUT2D eigenvalue weighted by atomic mass is 10.1. The standard InChI is InChI=1S/C16H12F3N3O3/c17-16(18,19)9-21-15(23)12-7-25-14(22-12)8-24-13-3-1-2-10-6-20-5-4-11(10)13/h1-7H,8-9H2,(H,21,23). The van der Waals surface area contributed by atoms with E-state index in [0.29, 0.717) is 5.75 Å². The molecule has 3 aromatic rings. The number of halogens is 3. The van der Waals surface area contributed by atoms with Crippen molar-refractivity contribution in [3.8, 4) is 5.75 Å². The Balaban J connectivity index is 1.64. The van der Waals surface area contributed by atoms with Gasteiger partial charge >= 0.3 is 6.18 Å². The Bertz CT molecular complexity index is 887. The molecule has 0 saturated heterocycles. The summed E-state index contributed by atoms with van der Waals surface area (Å²) in [5.74, 6) is -0.326. The van der Waals surface area contributed by atoms with Crippen LogP contribution in [0.5, 0.6) is 5.75 Å². The van der Waals surface area contributed by atoms with Gasteiger partial charge in [0.05, 0.1) is 0 Å². The summed E-state index contributed by atoms with van der Waals surface area (Å²) in [4.78, 5) is 19.4. The summed E-state index contributed by atoms with van der Waals surface area (Å²) in [6.45, 7) is -1.51. The number of alkyl halides is 3. The molecule has 1 aromatic carbocycles. The molecular weight excluding hydrogens is 339 g/mol. The van der Waals surface area contributed by atoms with Gasteiger partial charge in [0.25, 0.3) is 5.91 Å². The third-order valence-electron chi connectivity index (χ3n) is 3.23. The summed E-state index contributed by atoms with van der Waals surface area (Å²) in [5, 5.41) is 3.44. The van der Waals surface area contributed by atoms with Crippen LogP contribution < -0.4 is 10.1 Å². The van der Waals surface area contributed by atoms with Gasteiger partial charge in [-0.3, -0.25) is 9.78 Å². The minimum atomic E-state index is -4.49. The van der Waals surface area contributed by atoms with Gasteiger partial charge in [0.2, 0.25) is 5.89 Å². The Morgan fingerprint density at radius 2 is 2.12 bits per heavy atom. The lowest BCUT2D eigenvalue weighted by Crippen LogP contribution is -2.33. The van der Waals surface area contributed by atoms with Crippen LogP contribution >= 0.6 is 0 Å². The number of rotatable bonds is 5. The fourth-order valence-corrected chi connectivity index (χ4v) is 2.11. The molecule has 0 aliphatic carbocycles. The number of fused-ring (bicyclic) bond motifs is 1. The number of hydrogen-bond acceptors (Lipinski definition) is 5. The predicted molar refractivity (Wildman–Crippen MR) is 81.0 cm³/mol. The van der Waals surface area contributed by atoms with Crippen molar-refractivity contribution in [2.24, 2.45) is 0 Å². The van der Waals surface area contributed by atoms with Crippen LogP contribution in [0.25, 0.3) is 10.8 Å². The molecule has 0 bridgehead atoms.